The van der Waals surface area contributed by atoms with Crippen LogP contribution in [0.5, 0.6) is 5.75 Å². The van der Waals surface area contributed by atoms with Crippen LogP contribution in [-0.2, 0) is 0 Å². The number of likely N-dealkylation sites (tertiary alicyclic amines) is 1. The van der Waals surface area contributed by atoms with Crippen molar-refractivity contribution in [2.24, 2.45) is 5.41 Å². The Bertz CT molecular complexity index is 452. The predicted molar refractivity (Wildman–Crippen MR) is 71.3 cm³/mol. The van der Waals surface area contributed by atoms with Gasteiger partial charge < -0.3 is 15.0 Å². The maximum absolute atomic E-state index is 12.4. The molecule has 2 saturated heterocycles. The highest BCUT2D eigenvalue weighted by Crippen LogP contribution is 2.37. The second-order valence-electron chi connectivity index (χ2n) is 5.25. The lowest BCUT2D eigenvalue weighted by Crippen LogP contribution is -2.32. The van der Waals surface area contributed by atoms with Gasteiger partial charge in [-0.1, -0.05) is 0 Å². The Morgan fingerprint density at radius 2 is 2.44 bits per heavy atom. The van der Waals surface area contributed by atoms with Crippen molar-refractivity contribution >= 4 is 17.2 Å². The molecule has 1 aromatic heterocycles. The molecule has 1 N–H and O–H groups in total. The minimum Gasteiger partial charge on any atom is -0.496 e. The SMILES string of the molecule is COc1csc(C(=O)N2CCC3(CCNC3)C2)c1. The third-order valence-corrected chi connectivity index (χ3v) is 4.98. The van der Waals surface area contributed by atoms with Crippen LogP contribution in [0.1, 0.15) is 22.5 Å². The summed E-state index contributed by atoms with van der Waals surface area (Å²) in [5.41, 5.74) is 0.344. The molecule has 1 spiro atoms. The van der Waals surface area contributed by atoms with E-state index in [-0.39, 0.29) is 5.91 Å². The summed E-state index contributed by atoms with van der Waals surface area (Å²) < 4.78 is 5.13. The van der Waals surface area contributed by atoms with Gasteiger partial charge in [0.25, 0.3) is 5.91 Å². The molecule has 1 unspecified atom stereocenters. The Hall–Kier alpha value is -1.07. The van der Waals surface area contributed by atoms with E-state index >= 15 is 0 Å². The smallest absolute Gasteiger partial charge is 0.264 e. The molecule has 2 fully saturated rings. The molecule has 98 valence electrons. The van der Waals surface area contributed by atoms with Crippen molar-refractivity contribution < 1.29 is 9.53 Å². The molecule has 5 heteroatoms. The van der Waals surface area contributed by atoms with Gasteiger partial charge >= 0.3 is 0 Å². The van der Waals surface area contributed by atoms with Crippen LogP contribution in [0.2, 0.25) is 0 Å². The molecule has 0 aliphatic carbocycles. The zero-order valence-electron chi connectivity index (χ0n) is 10.6. The van der Waals surface area contributed by atoms with E-state index in [0.29, 0.717) is 5.41 Å². The molecule has 4 nitrogen and oxygen atoms in total. The summed E-state index contributed by atoms with van der Waals surface area (Å²) in [5.74, 6) is 0.937. The van der Waals surface area contributed by atoms with Gasteiger partial charge in [0.2, 0.25) is 0 Å². The summed E-state index contributed by atoms with van der Waals surface area (Å²) in [4.78, 5) is 15.2. The molecule has 0 bridgehead atoms. The summed E-state index contributed by atoms with van der Waals surface area (Å²) in [6, 6.07) is 1.84. The van der Waals surface area contributed by atoms with E-state index in [1.807, 2.05) is 16.3 Å². The minimum atomic E-state index is 0.159. The molecule has 1 atom stereocenters. The zero-order valence-corrected chi connectivity index (χ0v) is 11.4. The van der Waals surface area contributed by atoms with Crippen molar-refractivity contribution in [2.45, 2.75) is 12.8 Å². The van der Waals surface area contributed by atoms with Crippen LogP contribution < -0.4 is 10.1 Å². The number of rotatable bonds is 2. The molecule has 1 amide bonds. The van der Waals surface area contributed by atoms with E-state index in [9.17, 15) is 4.79 Å². The first-order chi connectivity index (χ1) is 8.72. The predicted octanol–water partition coefficient (Wildman–Crippen LogP) is 1.58. The van der Waals surface area contributed by atoms with E-state index in [0.717, 1.165) is 43.2 Å². The van der Waals surface area contributed by atoms with E-state index in [1.54, 1.807) is 7.11 Å². The van der Waals surface area contributed by atoms with Crippen molar-refractivity contribution in [2.75, 3.05) is 33.3 Å². The highest BCUT2D eigenvalue weighted by molar-refractivity contribution is 7.12. The summed E-state index contributed by atoms with van der Waals surface area (Å²) in [6.45, 7) is 3.94. The highest BCUT2D eigenvalue weighted by atomic mass is 32.1. The fraction of sp³-hybridized carbons (Fsp3) is 0.615. The van der Waals surface area contributed by atoms with Crippen LogP contribution in [0, 0.1) is 5.41 Å². The van der Waals surface area contributed by atoms with Gasteiger partial charge in [0.05, 0.1) is 12.0 Å². The highest BCUT2D eigenvalue weighted by Gasteiger charge is 2.42. The standard InChI is InChI=1S/C13H18N2O2S/c1-17-10-6-11(18-7-10)12(16)15-5-3-13(9-15)2-4-14-8-13/h6-7,14H,2-5,8-9H2,1H3. The molecule has 0 radical (unpaired) electrons. The van der Waals surface area contributed by atoms with Gasteiger partial charge in [-0.2, -0.15) is 0 Å². The molecule has 0 saturated carbocycles. The number of hydrogen-bond donors (Lipinski definition) is 1. The van der Waals surface area contributed by atoms with Crippen LogP contribution in [0.3, 0.4) is 0 Å². The summed E-state index contributed by atoms with van der Waals surface area (Å²) in [6.07, 6.45) is 2.33. The topological polar surface area (TPSA) is 41.6 Å². The first-order valence-electron chi connectivity index (χ1n) is 6.35. The number of thiophene rings is 1. The number of nitrogens with zero attached hydrogens (tertiary/aromatic N) is 1. The number of methoxy groups -OCH3 is 1. The van der Waals surface area contributed by atoms with Gasteiger partial charge in [-0.25, -0.2) is 0 Å². The largest absolute Gasteiger partial charge is 0.496 e. The molecule has 2 aliphatic heterocycles. The van der Waals surface area contributed by atoms with Crippen LogP contribution in [0.25, 0.3) is 0 Å². The van der Waals surface area contributed by atoms with Crippen LogP contribution in [0.15, 0.2) is 11.4 Å². The van der Waals surface area contributed by atoms with Gasteiger partial charge in [-0.3, -0.25) is 4.79 Å². The lowest BCUT2D eigenvalue weighted by atomic mass is 9.87. The van der Waals surface area contributed by atoms with Gasteiger partial charge in [-0.05, 0) is 19.4 Å². The molecular formula is C13H18N2O2S. The minimum absolute atomic E-state index is 0.159. The molecule has 18 heavy (non-hydrogen) atoms. The van der Waals surface area contributed by atoms with E-state index in [1.165, 1.54) is 17.8 Å². The summed E-state index contributed by atoms with van der Waals surface area (Å²) >= 11 is 1.47. The Kier molecular flexibility index (Phi) is 3.03. The molecule has 3 rings (SSSR count). The molecule has 1 aromatic rings. The fourth-order valence-electron chi connectivity index (χ4n) is 2.95. The fourth-order valence-corrected chi connectivity index (χ4v) is 3.77. The van der Waals surface area contributed by atoms with Gasteiger partial charge in [0.15, 0.2) is 0 Å². The molecule has 0 aromatic carbocycles. The average molecular weight is 266 g/mol. The average Bonchev–Trinajstić information content (AvgIpc) is 3.11. The Morgan fingerprint density at radius 1 is 1.56 bits per heavy atom. The number of ether oxygens (including phenoxy) is 1. The molecular weight excluding hydrogens is 248 g/mol. The lowest BCUT2D eigenvalue weighted by molar-refractivity contribution is 0.0780. The van der Waals surface area contributed by atoms with E-state index in [4.69, 9.17) is 4.74 Å². The molecule has 2 aliphatic rings. The lowest BCUT2D eigenvalue weighted by Gasteiger charge is -2.22. The Labute approximate surface area is 111 Å². The Morgan fingerprint density at radius 3 is 3.11 bits per heavy atom. The van der Waals surface area contributed by atoms with Crippen LogP contribution in [0.4, 0.5) is 0 Å². The van der Waals surface area contributed by atoms with Gasteiger partial charge in [0, 0.05) is 36.5 Å². The van der Waals surface area contributed by atoms with Crippen LogP contribution >= 0.6 is 11.3 Å². The van der Waals surface area contributed by atoms with Crippen molar-refractivity contribution in [3.63, 3.8) is 0 Å². The van der Waals surface area contributed by atoms with E-state index < -0.39 is 0 Å². The second kappa shape index (κ2) is 4.55. The monoisotopic (exact) mass is 266 g/mol. The number of carbonyl (C=O) groups excluding carboxylic acids is 1. The first kappa shape index (κ1) is 12.0. The number of hydrogen-bond acceptors (Lipinski definition) is 4. The van der Waals surface area contributed by atoms with Crippen molar-refractivity contribution in [1.82, 2.24) is 10.2 Å². The third-order valence-electron chi connectivity index (χ3n) is 4.08. The number of carbonyl (C=O) groups is 1. The molecule has 3 heterocycles. The van der Waals surface area contributed by atoms with Gasteiger partial charge in [0.1, 0.15) is 5.75 Å². The maximum atomic E-state index is 12.4. The quantitative estimate of drug-likeness (QED) is 0.883. The summed E-state index contributed by atoms with van der Waals surface area (Å²) in [7, 11) is 1.63. The van der Waals surface area contributed by atoms with Crippen molar-refractivity contribution in [1.29, 1.82) is 0 Å². The van der Waals surface area contributed by atoms with Crippen molar-refractivity contribution in [3.05, 3.63) is 16.3 Å². The maximum Gasteiger partial charge on any atom is 0.264 e. The number of amides is 1. The van der Waals surface area contributed by atoms with Gasteiger partial charge in [-0.15, -0.1) is 11.3 Å². The Balaban J connectivity index is 1.70. The van der Waals surface area contributed by atoms with E-state index in [2.05, 4.69) is 5.32 Å². The third kappa shape index (κ3) is 2.01. The zero-order chi connectivity index (χ0) is 12.6. The van der Waals surface area contributed by atoms with Crippen LogP contribution in [-0.4, -0.2) is 44.1 Å². The second-order valence-corrected chi connectivity index (χ2v) is 6.17. The van der Waals surface area contributed by atoms with Crippen molar-refractivity contribution in [3.8, 4) is 5.75 Å². The normalized spacial score (nSPS) is 27.1. The number of nitrogens with one attached hydrogen (secondary N) is 1. The first-order valence-corrected chi connectivity index (χ1v) is 7.23. The summed E-state index contributed by atoms with van der Waals surface area (Å²) in [5, 5.41) is 5.30.